The number of carbonyl (C=O) groups excluding carboxylic acids is 1. The first-order chi connectivity index (χ1) is 20.5. The number of nitrogens with one attached hydrogen (secondary N) is 2. The van der Waals surface area contributed by atoms with Crippen LogP contribution in [0.2, 0.25) is 0 Å². The number of aromatic amines is 1. The van der Waals surface area contributed by atoms with Gasteiger partial charge in [-0.05, 0) is 74.2 Å². The summed E-state index contributed by atoms with van der Waals surface area (Å²) in [6, 6.07) is 19.5. The molecule has 8 heteroatoms. The fourth-order valence-corrected chi connectivity index (χ4v) is 9.08. The maximum atomic E-state index is 14.0. The van der Waals surface area contributed by atoms with Gasteiger partial charge in [-0.1, -0.05) is 48.5 Å². The van der Waals surface area contributed by atoms with Crippen molar-refractivity contribution in [3.05, 3.63) is 83.6 Å². The predicted molar refractivity (Wildman–Crippen MR) is 167 cm³/mol. The van der Waals surface area contributed by atoms with E-state index in [4.69, 9.17) is 4.74 Å². The third-order valence-corrected chi connectivity index (χ3v) is 11.1. The molecule has 3 heterocycles. The molecule has 43 heavy (non-hydrogen) atoms. The van der Waals surface area contributed by atoms with Gasteiger partial charge in [0.1, 0.15) is 6.10 Å². The van der Waals surface area contributed by atoms with Crippen molar-refractivity contribution in [2.24, 2.45) is 5.92 Å². The Morgan fingerprint density at radius 2 is 1.88 bits per heavy atom. The number of benzene rings is 3. The second kappa shape index (κ2) is 9.49. The Balaban J connectivity index is 0.00000278. The number of para-hydroxylation sites is 1. The summed E-state index contributed by atoms with van der Waals surface area (Å²) in [5, 5.41) is 28.0. The van der Waals surface area contributed by atoms with Crippen molar-refractivity contribution in [1.82, 2.24) is 15.2 Å². The van der Waals surface area contributed by atoms with Crippen molar-refractivity contribution in [3.63, 3.8) is 0 Å². The van der Waals surface area contributed by atoms with E-state index >= 15 is 0 Å². The lowest BCUT2D eigenvalue weighted by atomic mass is 9.48. The van der Waals surface area contributed by atoms with E-state index < -0.39 is 17.1 Å². The molecule has 4 N–H and O–H groups in total. The number of fused-ring (bicyclic) bond motifs is 1. The first kappa shape index (κ1) is 27.1. The van der Waals surface area contributed by atoms with Crippen LogP contribution in [0, 0.1) is 5.92 Å². The number of phenols is 1. The lowest BCUT2D eigenvalue weighted by Gasteiger charge is -2.64. The highest BCUT2D eigenvalue weighted by atomic mass is 35.5. The fraction of sp³-hybridized carbons (Fsp3) is 0.400. The van der Waals surface area contributed by atoms with Crippen molar-refractivity contribution in [1.29, 1.82) is 0 Å². The van der Waals surface area contributed by atoms with Crippen LogP contribution in [0.1, 0.15) is 53.6 Å². The van der Waals surface area contributed by atoms with E-state index in [9.17, 15) is 15.0 Å². The van der Waals surface area contributed by atoms with Crippen molar-refractivity contribution in [2.75, 3.05) is 13.1 Å². The highest BCUT2D eigenvalue weighted by Crippen LogP contribution is 2.65. The number of amides is 1. The van der Waals surface area contributed by atoms with E-state index in [-0.39, 0.29) is 36.1 Å². The molecule has 3 fully saturated rings. The highest BCUT2D eigenvalue weighted by molar-refractivity contribution is 6.09. The van der Waals surface area contributed by atoms with E-state index in [1.54, 1.807) is 6.07 Å². The second-order valence-corrected chi connectivity index (χ2v) is 13.2. The molecule has 2 bridgehead atoms. The summed E-state index contributed by atoms with van der Waals surface area (Å²) in [6.07, 6.45) is 6.79. The zero-order chi connectivity index (χ0) is 28.2. The minimum atomic E-state index is -0.970. The zero-order valence-electron chi connectivity index (χ0n) is 23.9. The summed E-state index contributed by atoms with van der Waals surface area (Å²) in [5.41, 5.74) is 4.07. The van der Waals surface area contributed by atoms with Gasteiger partial charge in [0.25, 0.3) is 5.91 Å². The monoisotopic (exact) mass is 597 g/mol. The number of piperidine rings is 1. The van der Waals surface area contributed by atoms with Crippen LogP contribution < -0.4 is 10.1 Å². The molecule has 1 saturated heterocycles. The highest BCUT2D eigenvalue weighted by Gasteiger charge is 2.73. The molecule has 3 aromatic carbocycles. The van der Waals surface area contributed by atoms with Gasteiger partial charge in [0.2, 0.25) is 0 Å². The normalized spacial score (nSPS) is 30.3. The predicted octanol–water partition coefficient (Wildman–Crippen LogP) is 5.33. The Morgan fingerprint density at radius 1 is 1.05 bits per heavy atom. The van der Waals surface area contributed by atoms with Crippen molar-refractivity contribution in [2.45, 2.75) is 67.7 Å². The Labute approximate surface area is 256 Å². The van der Waals surface area contributed by atoms with Crippen LogP contribution in [0.4, 0.5) is 0 Å². The number of nitrogens with zero attached hydrogens (tertiary/aromatic N) is 1. The number of aromatic nitrogens is 1. The number of H-pyrrole nitrogens is 1. The second-order valence-electron chi connectivity index (χ2n) is 13.2. The summed E-state index contributed by atoms with van der Waals surface area (Å²) >= 11 is 0. The van der Waals surface area contributed by atoms with E-state index in [2.05, 4.69) is 27.3 Å². The van der Waals surface area contributed by atoms with Gasteiger partial charge >= 0.3 is 0 Å². The van der Waals surface area contributed by atoms with Crippen molar-refractivity contribution in [3.8, 4) is 22.6 Å². The molecular weight excluding hydrogens is 562 g/mol. The molecule has 9 rings (SSSR count). The molecule has 1 amide bonds. The lowest BCUT2D eigenvalue weighted by molar-refractivity contribution is -0.191. The quantitative estimate of drug-likeness (QED) is 0.249. The molecule has 1 spiro atoms. The smallest absolute Gasteiger partial charge is 0.253 e. The van der Waals surface area contributed by atoms with Gasteiger partial charge in [-0.3, -0.25) is 9.69 Å². The molecule has 2 saturated carbocycles. The van der Waals surface area contributed by atoms with Gasteiger partial charge in [0.15, 0.2) is 11.5 Å². The van der Waals surface area contributed by atoms with Gasteiger partial charge in [0.05, 0.1) is 28.1 Å². The Morgan fingerprint density at radius 3 is 2.70 bits per heavy atom. The summed E-state index contributed by atoms with van der Waals surface area (Å²) in [4.78, 5) is 19.9. The third-order valence-electron chi connectivity index (χ3n) is 11.1. The number of carbonyl (C=O) groups is 1. The topological polar surface area (TPSA) is 97.8 Å². The average Bonchev–Trinajstić information content (AvgIpc) is 3.59. The maximum absolute atomic E-state index is 14.0. The maximum Gasteiger partial charge on any atom is 0.253 e. The number of phenolic OH excluding ortho intramolecular Hbond substituents is 1. The summed E-state index contributed by atoms with van der Waals surface area (Å²) < 4.78 is 6.65. The molecule has 5 aliphatic rings. The van der Waals surface area contributed by atoms with Crippen LogP contribution in [0.15, 0.2) is 66.9 Å². The molecule has 1 aromatic heterocycles. The standard InChI is InChI=1S/C35H35N3O4.ClH/c39-27-12-11-22-17-28-35(41)14-13-26(32-34(35,29(22)31(27)42-32)15-16-38(28)19-20-9-10-20)37-33(40)24-8-4-7-23-25(18-36-30(23)24)21-5-2-1-3-6-21;/h1-8,11-12,18,20,26,28,32,36,39,41H,9-10,13-17,19H2,(H,37,40);1H/t26-,28+,32-,34-,35+;/m0./s1. The molecule has 3 aliphatic carbocycles. The molecule has 7 nitrogen and oxygen atoms in total. The van der Waals surface area contributed by atoms with Gasteiger partial charge in [-0.25, -0.2) is 0 Å². The van der Waals surface area contributed by atoms with Crippen LogP contribution in [0.3, 0.4) is 0 Å². The first-order valence-corrected chi connectivity index (χ1v) is 15.4. The van der Waals surface area contributed by atoms with E-state index in [0.717, 1.165) is 65.0 Å². The summed E-state index contributed by atoms with van der Waals surface area (Å²) in [5.74, 6) is 1.21. The molecule has 0 unspecified atom stereocenters. The van der Waals surface area contributed by atoms with E-state index in [0.29, 0.717) is 24.2 Å². The SMILES string of the molecule is Cl.O=C(N[C@H]1CC[C@@]2(O)[C@H]3Cc4ccc(O)c5c4[C@@]2(CCN3CC2CC2)[C@H]1O5)c1cccc2c(-c3ccccc3)c[nH]c12. The van der Waals surface area contributed by atoms with Gasteiger partial charge < -0.3 is 25.3 Å². The number of rotatable bonds is 5. The Hall–Kier alpha value is -3.52. The number of likely N-dealkylation sites (tertiary alicyclic amines) is 1. The Kier molecular flexibility index (Phi) is 5.97. The first-order valence-electron chi connectivity index (χ1n) is 15.4. The number of aliphatic hydroxyl groups is 1. The third kappa shape index (κ3) is 3.65. The van der Waals surface area contributed by atoms with Crippen molar-refractivity contribution < 1.29 is 19.7 Å². The number of aromatic hydroxyl groups is 1. The molecule has 0 radical (unpaired) electrons. The number of halogens is 1. The van der Waals surface area contributed by atoms with Crippen LogP contribution in [-0.2, 0) is 11.8 Å². The minimum absolute atomic E-state index is 0. The van der Waals surface area contributed by atoms with Gasteiger partial charge in [-0.2, -0.15) is 0 Å². The van der Waals surface area contributed by atoms with Crippen LogP contribution in [0.5, 0.6) is 11.5 Å². The van der Waals surface area contributed by atoms with Gasteiger partial charge in [-0.15, -0.1) is 12.4 Å². The van der Waals surface area contributed by atoms with Crippen molar-refractivity contribution >= 4 is 29.2 Å². The van der Waals surface area contributed by atoms with Crippen LogP contribution in [-0.4, -0.2) is 62.9 Å². The van der Waals surface area contributed by atoms with Crippen LogP contribution >= 0.6 is 12.4 Å². The molecule has 2 aliphatic heterocycles. The molecule has 4 aromatic rings. The molecule has 222 valence electrons. The number of hydrogen-bond acceptors (Lipinski definition) is 5. The lowest BCUT2D eigenvalue weighted by Crippen LogP contribution is -2.78. The largest absolute Gasteiger partial charge is 0.504 e. The van der Waals surface area contributed by atoms with Gasteiger partial charge in [0, 0.05) is 35.3 Å². The van der Waals surface area contributed by atoms with E-state index in [1.165, 1.54) is 12.8 Å². The summed E-state index contributed by atoms with van der Waals surface area (Å²) in [7, 11) is 0. The fourth-order valence-electron chi connectivity index (χ4n) is 9.08. The summed E-state index contributed by atoms with van der Waals surface area (Å²) in [6.45, 7) is 1.93. The molecule has 5 atom stereocenters. The number of ether oxygens (including phenoxy) is 1. The number of hydrogen-bond donors (Lipinski definition) is 4. The molecular formula is C35H36ClN3O4. The van der Waals surface area contributed by atoms with E-state index in [1.807, 2.05) is 48.7 Å². The van der Waals surface area contributed by atoms with Crippen LogP contribution in [0.25, 0.3) is 22.0 Å². The minimum Gasteiger partial charge on any atom is -0.504 e. The average molecular weight is 598 g/mol. The Bertz CT molecular complexity index is 1750. The zero-order valence-corrected chi connectivity index (χ0v) is 24.7.